The average molecular weight is 127 g/mol. The molecule has 0 radical (unpaired) electrons. The number of thiazole rings is 1. The lowest BCUT2D eigenvalue weighted by molar-refractivity contribution is 0.285. The van der Waals surface area contributed by atoms with Crippen molar-refractivity contribution in [3.63, 3.8) is 0 Å². The maximum absolute atomic E-state index is 8.52. The highest BCUT2D eigenvalue weighted by molar-refractivity contribution is 7.19. The van der Waals surface area contributed by atoms with Crippen LogP contribution in [0.15, 0.2) is 6.20 Å². The minimum Gasteiger partial charge on any atom is -0.391 e. The topological polar surface area (TPSA) is 33.1 Å². The van der Waals surface area contributed by atoms with E-state index in [0.717, 1.165) is 9.78 Å². The zero-order chi connectivity index (χ0) is 5.98. The first-order valence-electron chi connectivity index (χ1n) is 2.35. The lowest BCUT2D eigenvalue weighted by Crippen LogP contribution is -1.95. The molecule has 0 saturated heterocycles. The van der Waals surface area contributed by atoms with E-state index < -0.39 is 0 Å². The van der Waals surface area contributed by atoms with Crippen molar-refractivity contribution in [2.75, 3.05) is 0 Å². The molecule has 0 aromatic carbocycles. The van der Waals surface area contributed by atoms with E-state index >= 15 is 0 Å². The molecule has 42 valence electrons. The van der Waals surface area contributed by atoms with Crippen molar-refractivity contribution in [2.24, 2.45) is 0 Å². The molecule has 1 N–H and O–H groups in total. The first-order valence-corrected chi connectivity index (χ1v) is 3.17. The Bertz CT molecular complexity index is 176. The fraction of sp³-hybridized carbons (Fsp3) is 0.250. The van der Waals surface area contributed by atoms with Crippen LogP contribution in [-0.4, -0.2) is 17.9 Å². The second-order valence-corrected chi connectivity index (χ2v) is 2.82. The summed E-state index contributed by atoms with van der Waals surface area (Å²) in [5.74, 6) is 0. The molecule has 0 atom stereocenters. The number of hydrogen-bond donors (Lipinski definition) is 1. The van der Waals surface area contributed by atoms with Crippen molar-refractivity contribution < 1.29 is 5.11 Å². The molecule has 0 amide bonds. The maximum atomic E-state index is 8.52. The fourth-order valence-electron chi connectivity index (χ4n) is 0.478. The van der Waals surface area contributed by atoms with Crippen LogP contribution in [0.2, 0.25) is 0 Å². The third-order valence-electron chi connectivity index (χ3n) is 0.825. The van der Waals surface area contributed by atoms with E-state index in [1.165, 1.54) is 11.3 Å². The second-order valence-electron chi connectivity index (χ2n) is 1.50. The minimum atomic E-state index is 0.117. The summed E-state index contributed by atoms with van der Waals surface area (Å²) in [7, 11) is 1.92. The number of aliphatic hydroxyl groups is 1. The predicted octanol–water partition coefficient (Wildman–Crippen LogP) is -1.11. The largest absolute Gasteiger partial charge is 0.391 e. The van der Waals surface area contributed by atoms with E-state index in [1.807, 2.05) is 7.85 Å². The summed E-state index contributed by atoms with van der Waals surface area (Å²) in [4.78, 5) is 5.89. The van der Waals surface area contributed by atoms with Crippen LogP contribution in [0, 0.1) is 0 Å². The molecule has 0 saturated carbocycles. The molecule has 4 heteroatoms. The van der Waals surface area contributed by atoms with Crippen LogP contribution in [-0.2, 0) is 6.61 Å². The molecular weight excluding hydrogens is 121 g/mol. The molecule has 1 aromatic heterocycles. The van der Waals surface area contributed by atoms with E-state index in [0.29, 0.717) is 0 Å². The van der Waals surface area contributed by atoms with Gasteiger partial charge in [0.25, 0.3) is 0 Å². The molecule has 0 spiro atoms. The van der Waals surface area contributed by atoms with Crippen molar-refractivity contribution in [1.82, 2.24) is 4.98 Å². The predicted molar refractivity (Wildman–Crippen MR) is 36.2 cm³/mol. The van der Waals surface area contributed by atoms with Crippen molar-refractivity contribution in [3.8, 4) is 0 Å². The summed E-state index contributed by atoms with van der Waals surface area (Å²) >= 11 is 1.53. The lowest BCUT2D eigenvalue weighted by Gasteiger charge is -1.78. The van der Waals surface area contributed by atoms with Gasteiger partial charge in [-0.3, -0.25) is 4.98 Å². The van der Waals surface area contributed by atoms with Gasteiger partial charge in [0.05, 0.1) is 6.61 Å². The van der Waals surface area contributed by atoms with E-state index in [1.54, 1.807) is 6.20 Å². The normalized spacial score (nSPS) is 9.62. The molecule has 8 heavy (non-hydrogen) atoms. The first-order chi connectivity index (χ1) is 3.83. The summed E-state index contributed by atoms with van der Waals surface area (Å²) in [6.07, 6.45) is 1.69. The number of aromatic nitrogens is 1. The van der Waals surface area contributed by atoms with Crippen LogP contribution in [0.25, 0.3) is 0 Å². The Morgan fingerprint density at radius 2 is 2.62 bits per heavy atom. The molecule has 1 rings (SSSR count). The van der Waals surface area contributed by atoms with E-state index in [4.69, 9.17) is 5.11 Å². The minimum absolute atomic E-state index is 0.117. The Hall–Kier alpha value is -0.345. The van der Waals surface area contributed by atoms with Crippen LogP contribution >= 0.6 is 11.3 Å². The Kier molecular flexibility index (Phi) is 1.65. The molecule has 0 fully saturated rings. The summed E-state index contributed by atoms with van der Waals surface area (Å²) < 4.78 is 0. The third-order valence-corrected chi connectivity index (χ3v) is 1.72. The van der Waals surface area contributed by atoms with Crippen LogP contribution in [0.3, 0.4) is 0 Å². The quantitative estimate of drug-likeness (QED) is 0.485. The van der Waals surface area contributed by atoms with E-state index in [-0.39, 0.29) is 6.61 Å². The van der Waals surface area contributed by atoms with Crippen LogP contribution in [0.1, 0.15) is 4.88 Å². The van der Waals surface area contributed by atoms with Crippen molar-refractivity contribution in [3.05, 3.63) is 11.1 Å². The fourth-order valence-corrected chi connectivity index (χ4v) is 1.13. The van der Waals surface area contributed by atoms with Gasteiger partial charge in [-0.15, -0.1) is 11.3 Å². The Morgan fingerprint density at radius 1 is 1.88 bits per heavy atom. The average Bonchev–Trinajstić information content (AvgIpc) is 2.14. The lowest BCUT2D eigenvalue weighted by atomic mass is 10.2. The molecular formula is C4H6BNOS. The summed E-state index contributed by atoms with van der Waals surface area (Å²) in [5, 5.41) is 8.52. The van der Waals surface area contributed by atoms with Crippen LogP contribution in [0.4, 0.5) is 0 Å². The van der Waals surface area contributed by atoms with Crippen LogP contribution in [0.5, 0.6) is 0 Å². The van der Waals surface area contributed by atoms with E-state index in [9.17, 15) is 0 Å². The number of hydrogen-bond acceptors (Lipinski definition) is 3. The molecule has 1 aromatic rings. The standard InChI is InChI=1S/C4H6BNOS/c5-4-6-1-3(2-7)8-4/h1,7H,2,5H2. The van der Waals surface area contributed by atoms with Crippen molar-refractivity contribution in [2.45, 2.75) is 6.61 Å². The SMILES string of the molecule is Bc1ncc(CO)s1. The number of aliphatic hydroxyl groups excluding tert-OH is 1. The summed E-state index contributed by atoms with van der Waals surface area (Å²) in [6.45, 7) is 0.117. The highest BCUT2D eigenvalue weighted by Crippen LogP contribution is 2.00. The van der Waals surface area contributed by atoms with Gasteiger partial charge in [0.1, 0.15) is 0 Å². The summed E-state index contributed by atoms with van der Waals surface area (Å²) in [6, 6.07) is 0. The Balaban J connectivity index is 2.84. The number of nitrogens with zero attached hydrogens (tertiary/aromatic N) is 1. The smallest absolute Gasteiger partial charge is 0.177 e. The van der Waals surface area contributed by atoms with Gasteiger partial charge < -0.3 is 5.11 Å². The molecule has 2 nitrogen and oxygen atoms in total. The second kappa shape index (κ2) is 2.28. The van der Waals surface area contributed by atoms with Crippen molar-refractivity contribution in [1.29, 1.82) is 0 Å². The van der Waals surface area contributed by atoms with Gasteiger partial charge in [0, 0.05) is 16.0 Å². The molecule has 0 aliphatic heterocycles. The first kappa shape index (κ1) is 5.79. The highest BCUT2D eigenvalue weighted by atomic mass is 32.1. The monoisotopic (exact) mass is 127 g/mol. The maximum Gasteiger partial charge on any atom is 0.177 e. The zero-order valence-corrected chi connectivity index (χ0v) is 5.40. The third kappa shape index (κ3) is 1.08. The van der Waals surface area contributed by atoms with Gasteiger partial charge in [-0.05, 0) is 0 Å². The molecule has 0 bridgehead atoms. The Morgan fingerprint density at radius 3 is 2.88 bits per heavy atom. The summed E-state index contributed by atoms with van der Waals surface area (Å²) in [5.41, 5.74) is 0. The van der Waals surface area contributed by atoms with Gasteiger partial charge >= 0.3 is 0 Å². The van der Waals surface area contributed by atoms with Gasteiger partial charge in [0.15, 0.2) is 7.85 Å². The van der Waals surface area contributed by atoms with Gasteiger partial charge in [-0.2, -0.15) is 0 Å². The molecule has 0 unspecified atom stereocenters. The highest BCUT2D eigenvalue weighted by Gasteiger charge is 1.92. The molecule has 0 aliphatic rings. The van der Waals surface area contributed by atoms with Gasteiger partial charge in [-0.25, -0.2) is 0 Å². The van der Waals surface area contributed by atoms with Gasteiger partial charge in [0.2, 0.25) is 0 Å². The van der Waals surface area contributed by atoms with E-state index in [2.05, 4.69) is 4.98 Å². The van der Waals surface area contributed by atoms with Crippen LogP contribution < -0.4 is 4.91 Å². The van der Waals surface area contributed by atoms with Crippen molar-refractivity contribution >= 4 is 24.1 Å². The number of rotatable bonds is 1. The molecule has 0 aliphatic carbocycles. The molecule has 1 heterocycles. The zero-order valence-electron chi connectivity index (χ0n) is 4.59. The Labute approximate surface area is 52.6 Å². The van der Waals surface area contributed by atoms with Gasteiger partial charge in [-0.1, -0.05) is 0 Å².